The predicted octanol–water partition coefficient (Wildman–Crippen LogP) is 8.51. The van der Waals surface area contributed by atoms with Crippen molar-refractivity contribution in [3.05, 3.63) is 203 Å². The summed E-state index contributed by atoms with van der Waals surface area (Å²) in [6.07, 6.45) is 0. The quantitative estimate of drug-likeness (QED) is 0.0618. The van der Waals surface area contributed by atoms with E-state index in [1.807, 2.05) is 0 Å². The van der Waals surface area contributed by atoms with Gasteiger partial charge in [0.1, 0.15) is 71.5 Å². The van der Waals surface area contributed by atoms with E-state index in [1.165, 1.54) is 70.4 Å². The van der Waals surface area contributed by atoms with Crippen LogP contribution in [0.5, 0.6) is 0 Å². The van der Waals surface area contributed by atoms with Crippen LogP contribution in [0.3, 0.4) is 0 Å². The van der Waals surface area contributed by atoms with Gasteiger partial charge in [-0.3, -0.25) is 0 Å². The molecule has 0 fully saturated rings. The summed E-state index contributed by atoms with van der Waals surface area (Å²) >= 11 is 17.3. The zero-order valence-electron chi connectivity index (χ0n) is 28.9. The van der Waals surface area contributed by atoms with Crippen LogP contribution in [0, 0.1) is 3.14 Å². The Kier molecular flexibility index (Phi) is 15.3. The van der Waals surface area contributed by atoms with Crippen molar-refractivity contribution in [1.82, 2.24) is 0 Å². The molecule has 1 heterocycles. The smallest absolute Gasteiger partial charge is 0.429 e. The Morgan fingerprint density at radius 3 is 0.741 bits per heavy atom. The number of rotatable bonds is 9. The molecule has 7 aromatic carbocycles. The Balaban J connectivity index is 0.000000492. The van der Waals surface area contributed by atoms with Gasteiger partial charge < -0.3 is 47.9 Å². The molecular weight excluding hydrogens is 852 g/mol. The molecule has 54 heavy (non-hydrogen) atoms. The first kappa shape index (κ1) is 40.7. The maximum Gasteiger partial charge on any atom is 2.00 e. The first-order valence-electron chi connectivity index (χ1n) is 17.1. The van der Waals surface area contributed by atoms with Crippen molar-refractivity contribution in [2.45, 2.75) is 8.42 Å². The second-order valence-electron chi connectivity index (χ2n) is 12.1. The van der Waals surface area contributed by atoms with E-state index in [1.54, 1.807) is 0 Å². The molecule has 0 aliphatic heterocycles. The molecule has 0 N–H and O–H groups in total. The molecule has 0 bridgehead atoms. The molecule has 0 aliphatic carbocycles. The molecule has 0 aliphatic rings. The number of hydrogen-bond acceptors (Lipinski definition) is 5. The van der Waals surface area contributed by atoms with Crippen LogP contribution in [0.2, 0.25) is 0 Å². The Bertz CT molecular complexity index is 2180. The van der Waals surface area contributed by atoms with Gasteiger partial charge in [0.15, 0.2) is 0 Å². The van der Waals surface area contributed by atoms with Crippen LogP contribution < -0.4 is 47.7 Å². The maximum atomic E-state index is 4.83. The molecule has 0 unspecified atom stereocenters. The Morgan fingerprint density at radius 2 is 0.519 bits per heavy atom. The maximum absolute atomic E-state index is 4.83. The minimum Gasteiger partial charge on any atom is -0.429 e. The first-order chi connectivity index (χ1) is 26.1. The molecule has 9 heteroatoms. The van der Waals surface area contributed by atoms with Gasteiger partial charge in [0.05, 0.1) is 0 Å². The molecule has 0 atom stereocenters. The summed E-state index contributed by atoms with van der Waals surface area (Å²) in [7, 11) is -3.94. The van der Waals surface area contributed by atoms with Crippen LogP contribution in [-0.4, -0.2) is 0 Å². The summed E-state index contributed by atoms with van der Waals surface area (Å²) in [5, 5.41) is 13.1. The van der Waals surface area contributed by atoms with Gasteiger partial charge >= 0.3 is 16.5 Å². The molecule has 0 nitrogen and oxygen atoms in total. The van der Waals surface area contributed by atoms with Crippen molar-refractivity contribution in [2.24, 2.45) is 0 Å². The molecule has 268 valence electrons. The van der Waals surface area contributed by atoms with E-state index in [2.05, 4.69) is 200 Å². The van der Waals surface area contributed by atoms with Gasteiger partial charge in [-0.2, -0.15) is 0 Å². The molecule has 0 spiro atoms. The Hall–Kier alpha value is -2.97. The Morgan fingerprint density at radius 1 is 0.315 bits per heavy atom. The fourth-order valence-corrected chi connectivity index (χ4v) is 19.2. The molecule has 0 saturated heterocycles. The first-order valence-corrected chi connectivity index (χ1v) is 24.5. The van der Waals surface area contributed by atoms with Crippen molar-refractivity contribution in [3.63, 3.8) is 0 Å². The summed E-state index contributed by atoms with van der Waals surface area (Å²) in [6, 6.07) is 74.7. The molecule has 8 aromatic rings. The third kappa shape index (κ3) is 9.88. The third-order valence-electron chi connectivity index (χ3n) is 8.76. The normalized spacial score (nSPS) is 10.8. The molecule has 8 rings (SSSR count). The van der Waals surface area contributed by atoms with Gasteiger partial charge in [-0.1, -0.05) is 115 Å². The van der Waals surface area contributed by atoms with Gasteiger partial charge in [0, 0.05) is 0 Å². The second kappa shape index (κ2) is 20.3. The van der Waals surface area contributed by atoms with Gasteiger partial charge in [-0.25, -0.2) is 0 Å². The zero-order valence-corrected chi connectivity index (χ0v) is 37.0. The number of benzene rings is 7. The van der Waals surface area contributed by atoms with Crippen molar-refractivity contribution in [1.29, 1.82) is 0 Å². The topological polar surface area (TPSA) is 0 Å². The summed E-state index contributed by atoms with van der Waals surface area (Å²) in [6.45, 7) is 0. The molecule has 0 radical (unpaired) electrons. The van der Waals surface area contributed by atoms with Gasteiger partial charge in [-0.15, -0.1) is 20.6 Å². The molecular formula is C45H36NiP3S5+3. The van der Waals surface area contributed by atoms with E-state index in [-0.39, 0.29) is 16.5 Å². The molecule has 1 aromatic heterocycles. The van der Waals surface area contributed by atoms with Gasteiger partial charge in [0.25, 0.3) is 0 Å². The van der Waals surface area contributed by atoms with Crippen LogP contribution in [0.15, 0.2) is 209 Å². The predicted molar refractivity (Wildman–Crippen MR) is 251 cm³/mol. The van der Waals surface area contributed by atoms with E-state index >= 15 is 0 Å². The van der Waals surface area contributed by atoms with Crippen molar-refractivity contribution in [3.8, 4) is 0 Å². The van der Waals surface area contributed by atoms with Crippen molar-refractivity contribution < 1.29 is 16.5 Å². The van der Waals surface area contributed by atoms with Crippen LogP contribution in [-0.2, 0) is 41.7 Å². The fraction of sp³-hybridized carbons (Fsp3) is 0. The van der Waals surface area contributed by atoms with Crippen molar-refractivity contribution in [2.75, 3.05) is 0 Å². The van der Waals surface area contributed by atoms with E-state index in [0.717, 1.165) is 11.6 Å². The SMILES string of the molecule is S=c1sc([S-])c([S-])s1.[Ni+2].c1ccc([PH+](c2ccccc2)c2ccccc2[PH+](c2ccccc2)c2ccccc2[PH+](c2ccccc2)c2ccccc2)cc1. The van der Waals surface area contributed by atoms with Crippen LogP contribution >= 0.6 is 58.7 Å². The van der Waals surface area contributed by atoms with Crippen molar-refractivity contribution >= 4 is 132 Å². The van der Waals surface area contributed by atoms with E-state index in [4.69, 9.17) is 37.5 Å². The minimum atomic E-state index is -1.40. The summed E-state index contributed by atoms with van der Waals surface area (Å²) in [5.41, 5.74) is 0. The minimum absolute atomic E-state index is 0. The van der Waals surface area contributed by atoms with Crippen LogP contribution in [0.1, 0.15) is 0 Å². The van der Waals surface area contributed by atoms with Gasteiger partial charge in [-0.05, 0) is 88.1 Å². The number of hydrogen-bond donors (Lipinski definition) is 0. The standard InChI is InChI=1S/C42H33P3.C3H2S5.Ni/c1-6-20-34(21-7-1)43(35-22-8-2-9-23-35)39-30-16-18-32-41(39)45(38-28-14-5-15-29-38)42-33-19-17-31-40(42)44(36-24-10-3-11-25-36)37-26-12-4-13-27-37;4-1-2(5)8-3(6)7-1;/h1-33H;4-5H;/q;;+2/p+1. The average Bonchev–Trinajstić information content (AvgIpc) is 3.52. The zero-order chi connectivity index (χ0) is 36.4. The van der Waals surface area contributed by atoms with E-state index in [9.17, 15) is 0 Å². The summed E-state index contributed by atoms with van der Waals surface area (Å²) < 4.78 is 2.35. The van der Waals surface area contributed by atoms with Gasteiger partial charge in [0.2, 0.25) is 0 Å². The largest absolute Gasteiger partial charge is 2.00 e. The average molecular weight is 889 g/mol. The molecule has 0 saturated carbocycles. The fourth-order valence-electron chi connectivity index (χ4n) is 6.53. The van der Waals surface area contributed by atoms with E-state index in [0.29, 0.717) is 0 Å². The van der Waals surface area contributed by atoms with Crippen LogP contribution in [0.4, 0.5) is 0 Å². The Labute approximate surface area is 356 Å². The monoisotopic (exact) mass is 887 g/mol. The second-order valence-corrected chi connectivity index (χ2v) is 23.9. The van der Waals surface area contributed by atoms with E-state index < -0.39 is 23.8 Å². The third-order valence-corrected chi connectivity index (χ3v) is 21.3. The summed E-state index contributed by atoms with van der Waals surface area (Å²) in [4.78, 5) is 0. The van der Waals surface area contributed by atoms with Crippen LogP contribution in [0.25, 0.3) is 0 Å². The molecule has 0 amide bonds. The summed E-state index contributed by atoms with van der Waals surface area (Å²) in [5.74, 6) is 0.